The van der Waals surface area contributed by atoms with Crippen molar-refractivity contribution in [1.82, 2.24) is 0 Å². The van der Waals surface area contributed by atoms with Crippen molar-refractivity contribution in [1.29, 1.82) is 0 Å². The van der Waals surface area contributed by atoms with Gasteiger partial charge >= 0.3 is 0 Å². The molecule has 2 heteroatoms. The molecule has 1 heterocycles. The quantitative estimate of drug-likeness (QED) is 0.487. The van der Waals surface area contributed by atoms with Gasteiger partial charge in [-0.15, -0.1) is 0 Å². The second-order valence-corrected chi connectivity index (χ2v) is 3.04. The number of benzene rings is 1. The summed E-state index contributed by atoms with van der Waals surface area (Å²) < 4.78 is 5.27. The van der Waals surface area contributed by atoms with Crippen LogP contribution in [0.1, 0.15) is 12.5 Å². The molecular weight excluding hydrogens is 152 g/mol. The van der Waals surface area contributed by atoms with Crippen molar-refractivity contribution in [2.75, 3.05) is 0 Å². The molecule has 1 aliphatic rings. The summed E-state index contributed by atoms with van der Waals surface area (Å²) in [5.41, 5.74) is 0.314. The molecule has 0 saturated carbocycles. The smallest absolute Gasteiger partial charge is 0.174 e. The number of ether oxygens (including phenoxy) is 1. The van der Waals surface area contributed by atoms with Gasteiger partial charge in [0, 0.05) is 0 Å². The van der Waals surface area contributed by atoms with Crippen LogP contribution in [0.25, 0.3) is 0 Å². The normalized spacial score (nSPS) is 32.9. The van der Waals surface area contributed by atoms with Crippen LogP contribution in [0.3, 0.4) is 0 Å². The minimum absolute atomic E-state index is 0.0254. The molecule has 1 saturated heterocycles. The van der Waals surface area contributed by atoms with E-state index in [9.17, 15) is 4.79 Å². The fraction of sp³-hybridized carbons (Fsp3) is 0.300. The molecule has 2 nitrogen and oxygen atoms in total. The molecule has 0 spiro atoms. The lowest BCUT2D eigenvalue weighted by atomic mass is 9.98. The third-order valence-corrected chi connectivity index (χ3v) is 2.32. The molecule has 0 aromatic heterocycles. The minimum atomic E-state index is -0.638. The topological polar surface area (TPSA) is 29.6 Å². The van der Waals surface area contributed by atoms with Crippen molar-refractivity contribution in [2.45, 2.75) is 18.6 Å². The van der Waals surface area contributed by atoms with Gasteiger partial charge in [0.2, 0.25) is 0 Å². The Bertz CT molecular complexity index is 294. The van der Waals surface area contributed by atoms with Gasteiger partial charge in [0.1, 0.15) is 0 Å². The first-order valence-corrected chi connectivity index (χ1v) is 3.99. The Morgan fingerprint density at radius 3 is 2.42 bits per heavy atom. The first-order valence-electron chi connectivity index (χ1n) is 3.99. The van der Waals surface area contributed by atoms with Gasteiger partial charge in [-0.05, 0) is 12.5 Å². The molecule has 12 heavy (non-hydrogen) atoms. The predicted molar refractivity (Wildman–Crippen MR) is 44.7 cm³/mol. The summed E-state index contributed by atoms with van der Waals surface area (Å²) in [6.45, 7) is 1.90. The van der Waals surface area contributed by atoms with E-state index in [0.717, 1.165) is 11.8 Å². The van der Waals surface area contributed by atoms with E-state index in [0.29, 0.717) is 0 Å². The number of rotatable bonds is 2. The van der Waals surface area contributed by atoms with Crippen LogP contribution >= 0.6 is 0 Å². The highest BCUT2D eigenvalue weighted by atomic mass is 16.6. The maximum absolute atomic E-state index is 10.8. The molecule has 2 rings (SSSR count). The fourth-order valence-corrected chi connectivity index (χ4v) is 1.45. The highest BCUT2D eigenvalue weighted by molar-refractivity contribution is 5.71. The zero-order valence-electron chi connectivity index (χ0n) is 6.86. The Hall–Kier alpha value is -1.15. The average Bonchev–Trinajstić information content (AvgIpc) is 2.80. The van der Waals surface area contributed by atoms with Crippen molar-refractivity contribution < 1.29 is 9.53 Å². The van der Waals surface area contributed by atoms with Gasteiger partial charge in [0.25, 0.3) is 0 Å². The van der Waals surface area contributed by atoms with E-state index in [1.165, 1.54) is 0 Å². The van der Waals surface area contributed by atoms with Crippen molar-refractivity contribution >= 4 is 6.29 Å². The number of epoxide rings is 1. The maximum atomic E-state index is 10.8. The summed E-state index contributed by atoms with van der Waals surface area (Å²) in [5.74, 6) is 0. The zero-order valence-corrected chi connectivity index (χ0v) is 6.86. The van der Waals surface area contributed by atoms with Crippen LogP contribution in [-0.4, -0.2) is 12.4 Å². The number of aldehydes is 1. The highest BCUT2D eigenvalue weighted by Crippen LogP contribution is 2.43. The van der Waals surface area contributed by atoms with Gasteiger partial charge in [-0.3, -0.25) is 4.79 Å². The van der Waals surface area contributed by atoms with E-state index in [4.69, 9.17) is 4.74 Å². The van der Waals surface area contributed by atoms with Crippen LogP contribution < -0.4 is 0 Å². The van der Waals surface area contributed by atoms with E-state index in [2.05, 4.69) is 0 Å². The lowest BCUT2D eigenvalue weighted by Crippen LogP contribution is -2.12. The molecule has 1 aromatic rings. The third kappa shape index (κ3) is 0.883. The monoisotopic (exact) mass is 162 g/mol. The Balaban J connectivity index is 2.37. The first-order chi connectivity index (χ1) is 5.79. The summed E-state index contributed by atoms with van der Waals surface area (Å²) in [5, 5.41) is 0. The Morgan fingerprint density at radius 2 is 2.00 bits per heavy atom. The van der Waals surface area contributed by atoms with Gasteiger partial charge in [0.05, 0.1) is 6.10 Å². The number of carbonyl (C=O) groups excluding carboxylic acids is 1. The molecule has 0 aliphatic carbocycles. The lowest BCUT2D eigenvalue weighted by molar-refractivity contribution is -0.112. The molecule has 1 aliphatic heterocycles. The van der Waals surface area contributed by atoms with Gasteiger partial charge in [-0.25, -0.2) is 0 Å². The van der Waals surface area contributed by atoms with Gasteiger partial charge in [-0.1, -0.05) is 30.3 Å². The maximum Gasteiger partial charge on any atom is 0.174 e. The molecule has 1 fully saturated rings. The molecule has 0 amide bonds. The van der Waals surface area contributed by atoms with Gasteiger partial charge in [0.15, 0.2) is 11.9 Å². The van der Waals surface area contributed by atoms with Crippen LogP contribution in [-0.2, 0) is 15.1 Å². The van der Waals surface area contributed by atoms with Crippen molar-refractivity contribution in [3.8, 4) is 0 Å². The number of hydrogen-bond donors (Lipinski definition) is 0. The highest BCUT2D eigenvalue weighted by Gasteiger charge is 2.54. The van der Waals surface area contributed by atoms with Crippen LogP contribution in [0.5, 0.6) is 0 Å². The van der Waals surface area contributed by atoms with Crippen LogP contribution in [0.4, 0.5) is 0 Å². The van der Waals surface area contributed by atoms with Crippen molar-refractivity contribution in [3.63, 3.8) is 0 Å². The SMILES string of the molecule is C[C@H]1O[C@@]1(C=O)c1ccccc1. The standard InChI is InChI=1S/C10H10O2/c1-8-10(7-11,12-8)9-5-3-2-4-6-9/h2-8H,1H3/t8-,10-/m1/s1. The molecule has 0 bridgehead atoms. The van der Waals surface area contributed by atoms with E-state index in [-0.39, 0.29) is 6.10 Å². The van der Waals surface area contributed by atoms with Gasteiger partial charge in [-0.2, -0.15) is 0 Å². The number of carbonyl (C=O) groups is 1. The van der Waals surface area contributed by atoms with Crippen LogP contribution in [0, 0.1) is 0 Å². The summed E-state index contributed by atoms with van der Waals surface area (Å²) in [6, 6.07) is 9.58. The summed E-state index contributed by atoms with van der Waals surface area (Å²) in [4.78, 5) is 10.8. The minimum Gasteiger partial charge on any atom is -0.353 e. The van der Waals surface area contributed by atoms with E-state index >= 15 is 0 Å². The molecular formula is C10H10O2. The molecule has 0 radical (unpaired) electrons. The Labute approximate surface area is 71.2 Å². The summed E-state index contributed by atoms with van der Waals surface area (Å²) >= 11 is 0. The Kier molecular flexibility index (Phi) is 1.51. The van der Waals surface area contributed by atoms with Gasteiger partial charge < -0.3 is 4.74 Å². The van der Waals surface area contributed by atoms with Crippen LogP contribution in [0.15, 0.2) is 30.3 Å². The summed E-state index contributed by atoms with van der Waals surface area (Å²) in [6.07, 6.45) is 0.907. The van der Waals surface area contributed by atoms with E-state index in [1.807, 2.05) is 37.3 Å². The van der Waals surface area contributed by atoms with E-state index in [1.54, 1.807) is 0 Å². The molecule has 62 valence electrons. The lowest BCUT2D eigenvalue weighted by Gasteiger charge is -2.02. The first kappa shape index (κ1) is 7.50. The van der Waals surface area contributed by atoms with Crippen molar-refractivity contribution in [3.05, 3.63) is 35.9 Å². The largest absolute Gasteiger partial charge is 0.353 e. The molecule has 0 unspecified atom stereocenters. The number of hydrogen-bond acceptors (Lipinski definition) is 2. The second-order valence-electron chi connectivity index (χ2n) is 3.04. The van der Waals surface area contributed by atoms with Crippen molar-refractivity contribution in [2.24, 2.45) is 0 Å². The second kappa shape index (κ2) is 2.42. The Morgan fingerprint density at radius 1 is 1.42 bits per heavy atom. The average molecular weight is 162 g/mol. The van der Waals surface area contributed by atoms with Crippen LogP contribution in [0.2, 0.25) is 0 Å². The third-order valence-electron chi connectivity index (χ3n) is 2.32. The predicted octanol–water partition coefficient (Wildman–Crippen LogP) is 1.50. The zero-order chi connectivity index (χ0) is 8.60. The molecule has 0 N–H and O–H groups in total. The van der Waals surface area contributed by atoms with E-state index < -0.39 is 5.60 Å². The fourth-order valence-electron chi connectivity index (χ4n) is 1.45. The summed E-state index contributed by atoms with van der Waals surface area (Å²) in [7, 11) is 0. The molecule has 1 aromatic carbocycles. The molecule has 2 atom stereocenters.